The van der Waals surface area contributed by atoms with Gasteiger partial charge in [-0.3, -0.25) is 4.79 Å². The van der Waals surface area contributed by atoms with E-state index in [9.17, 15) is 4.79 Å². The number of amides is 1. The van der Waals surface area contributed by atoms with Crippen LogP contribution in [-0.4, -0.2) is 23.0 Å². The number of hydrogen-bond acceptors (Lipinski definition) is 3. The number of carbonyl (C=O) groups excluding carboxylic acids is 1. The number of rotatable bonds is 3. The quantitative estimate of drug-likeness (QED) is 0.843. The maximum absolute atomic E-state index is 12.3. The van der Waals surface area contributed by atoms with Crippen molar-refractivity contribution in [3.05, 3.63) is 28.5 Å². The fourth-order valence-electron chi connectivity index (χ4n) is 2.48. The van der Waals surface area contributed by atoms with Gasteiger partial charge >= 0.3 is 0 Å². The summed E-state index contributed by atoms with van der Waals surface area (Å²) >= 11 is 5.99. The maximum Gasteiger partial charge on any atom is 0.251 e. The molecule has 1 amide bonds. The molecule has 1 fully saturated rings. The summed E-state index contributed by atoms with van der Waals surface area (Å²) in [5.74, 6) is 0.171. The number of hydrogen-bond donors (Lipinski definition) is 2. The smallest absolute Gasteiger partial charge is 0.251 e. The molecule has 1 aromatic heterocycles. The van der Waals surface area contributed by atoms with Crippen molar-refractivity contribution in [2.24, 2.45) is 5.73 Å². The molecular weight excluding hydrogens is 274 g/mol. The Kier molecular flexibility index (Phi) is 5.00. The molecule has 20 heavy (non-hydrogen) atoms. The highest BCUT2D eigenvalue weighted by atomic mass is 35.5. The molecule has 1 aliphatic carbocycles. The van der Waals surface area contributed by atoms with E-state index in [0.29, 0.717) is 10.7 Å². The zero-order valence-electron chi connectivity index (χ0n) is 12.0. The van der Waals surface area contributed by atoms with E-state index in [-0.39, 0.29) is 23.9 Å². The summed E-state index contributed by atoms with van der Waals surface area (Å²) in [6.45, 7) is 4.06. The van der Waals surface area contributed by atoms with Crippen LogP contribution >= 0.6 is 11.6 Å². The summed E-state index contributed by atoms with van der Waals surface area (Å²) in [5.41, 5.74) is 7.30. The third-order valence-electron chi connectivity index (χ3n) is 3.77. The molecule has 110 valence electrons. The fourth-order valence-corrected chi connectivity index (χ4v) is 2.69. The van der Waals surface area contributed by atoms with Crippen LogP contribution in [0.5, 0.6) is 0 Å². The average Bonchev–Trinajstić information content (AvgIpc) is 2.40. The first kappa shape index (κ1) is 15.3. The molecule has 0 radical (unpaired) electrons. The summed E-state index contributed by atoms with van der Waals surface area (Å²) in [5, 5.41) is 3.44. The van der Waals surface area contributed by atoms with Gasteiger partial charge in [0.05, 0.1) is 0 Å². The molecule has 0 aliphatic heterocycles. The van der Waals surface area contributed by atoms with Crippen LogP contribution < -0.4 is 11.1 Å². The molecule has 0 atom stereocenters. The van der Waals surface area contributed by atoms with Gasteiger partial charge in [-0.15, -0.1) is 0 Å². The molecule has 1 aliphatic rings. The predicted octanol–water partition coefficient (Wildman–Crippen LogP) is 2.86. The normalized spacial score (nSPS) is 22.9. The summed E-state index contributed by atoms with van der Waals surface area (Å²) < 4.78 is 0. The van der Waals surface area contributed by atoms with Crippen LogP contribution in [0.4, 0.5) is 0 Å². The van der Waals surface area contributed by atoms with Crippen molar-refractivity contribution in [2.45, 2.75) is 57.5 Å². The number of carbonyl (C=O) groups is 1. The Morgan fingerprint density at radius 1 is 1.35 bits per heavy atom. The minimum absolute atomic E-state index is 0.0725. The van der Waals surface area contributed by atoms with Gasteiger partial charge in [0.15, 0.2) is 0 Å². The topological polar surface area (TPSA) is 68.0 Å². The zero-order valence-corrected chi connectivity index (χ0v) is 12.8. The number of halogens is 1. The van der Waals surface area contributed by atoms with Crippen molar-refractivity contribution in [1.82, 2.24) is 10.3 Å². The van der Waals surface area contributed by atoms with E-state index in [4.69, 9.17) is 17.3 Å². The molecule has 0 bridgehead atoms. The van der Waals surface area contributed by atoms with E-state index in [0.717, 1.165) is 31.4 Å². The van der Waals surface area contributed by atoms with Crippen LogP contribution in [0, 0.1) is 0 Å². The first-order chi connectivity index (χ1) is 9.45. The van der Waals surface area contributed by atoms with Crippen molar-refractivity contribution >= 4 is 17.5 Å². The third-order valence-corrected chi connectivity index (χ3v) is 3.97. The fraction of sp³-hybridized carbons (Fsp3) is 0.600. The molecule has 1 heterocycles. The standard InChI is InChI=1S/C15H22ClN3O/c1-9(2)13-7-10(8-14(16)19-13)15(20)18-12-5-3-11(17)4-6-12/h7-9,11-12H,3-6,17H2,1-2H3,(H,18,20). The van der Waals surface area contributed by atoms with E-state index in [1.54, 1.807) is 6.07 Å². The average molecular weight is 296 g/mol. The van der Waals surface area contributed by atoms with Gasteiger partial charge in [0.2, 0.25) is 0 Å². The van der Waals surface area contributed by atoms with E-state index < -0.39 is 0 Å². The summed E-state index contributed by atoms with van der Waals surface area (Å²) in [6, 6.07) is 3.94. The molecule has 1 saturated carbocycles. The molecular formula is C15H22ClN3O. The molecule has 0 unspecified atom stereocenters. The highest BCUT2D eigenvalue weighted by Crippen LogP contribution is 2.20. The summed E-state index contributed by atoms with van der Waals surface area (Å²) in [6.07, 6.45) is 3.84. The van der Waals surface area contributed by atoms with Crippen molar-refractivity contribution in [2.75, 3.05) is 0 Å². The van der Waals surface area contributed by atoms with Gasteiger partial charge in [-0.1, -0.05) is 25.4 Å². The second kappa shape index (κ2) is 6.55. The molecule has 3 N–H and O–H groups in total. The first-order valence-electron chi connectivity index (χ1n) is 7.19. The second-order valence-corrected chi connectivity index (χ2v) is 6.23. The molecule has 0 aromatic carbocycles. The van der Waals surface area contributed by atoms with Gasteiger partial charge in [-0.25, -0.2) is 4.98 Å². The Morgan fingerprint density at radius 2 is 2.00 bits per heavy atom. The van der Waals surface area contributed by atoms with Crippen LogP contribution in [0.1, 0.15) is 61.5 Å². The Labute approximate surface area is 125 Å². The lowest BCUT2D eigenvalue weighted by molar-refractivity contribution is 0.0925. The Bertz CT molecular complexity index is 482. The van der Waals surface area contributed by atoms with Crippen LogP contribution in [-0.2, 0) is 0 Å². The highest BCUT2D eigenvalue weighted by Gasteiger charge is 2.21. The molecule has 1 aromatic rings. The largest absolute Gasteiger partial charge is 0.349 e. The first-order valence-corrected chi connectivity index (χ1v) is 7.57. The number of aromatic nitrogens is 1. The van der Waals surface area contributed by atoms with Gasteiger partial charge < -0.3 is 11.1 Å². The van der Waals surface area contributed by atoms with Gasteiger partial charge in [0, 0.05) is 23.3 Å². The summed E-state index contributed by atoms with van der Waals surface area (Å²) in [7, 11) is 0. The van der Waals surface area contributed by atoms with Gasteiger partial charge in [0.1, 0.15) is 5.15 Å². The minimum Gasteiger partial charge on any atom is -0.349 e. The van der Waals surface area contributed by atoms with Crippen LogP contribution in [0.3, 0.4) is 0 Å². The van der Waals surface area contributed by atoms with Crippen LogP contribution in [0.2, 0.25) is 5.15 Å². The Morgan fingerprint density at radius 3 is 2.60 bits per heavy atom. The van der Waals surface area contributed by atoms with Crippen molar-refractivity contribution in [3.8, 4) is 0 Å². The monoisotopic (exact) mass is 295 g/mol. The number of nitrogens with two attached hydrogens (primary N) is 1. The lowest BCUT2D eigenvalue weighted by Gasteiger charge is -2.26. The SMILES string of the molecule is CC(C)c1cc(C(=O)NC2CCC(N)CC2)cc(Cl)n1. The lowest BCUT2D eigenvalue weighted by Crippen LogP contribution is -2.40. The highest BCUT2D eigenvalue weighted by molar-refractivity contribution is 6.29. The van der Waals surface area contributed by atoms with Gasteiger partial charge in [0.25, 0.3) is 5.91 Å². The van der Waals surface area contributed by atoms with E-state index in [1.807, 2.05) is 19.9 Å². The van der Waals surface area contributed by atoms with Crippen molar-refractivity contribution in [3.63, 3.8) is 0 Å². The maximum atomic E-state index is 12.3. The van der Waals surface area contributed by atoms with Gasteiger partial charge in [-0.2, -0.15) is 0 Å². The van der Waals surface area contributed by atoms with Gasteiger partial charge in [-0.05, 0) is 43.7 Å². The number of nitrogens with one attached hydrogen (secondary N) is 1. The second-order valence-electron chi connectivity index (χ2n) is 5.84. The predicted molar refractivity (Wildman–Crippen MR) is 81.0 cm³/mol. The molecule has 5 heteroatoms. The van der Waals surface area contributed by atoms with Crippen LogP contribution in [0.25, 0.3) is 0 Å². The van der Waals surface area contributed by atoms with Crippen molar-refractivity contribution < 1.29 is 4.79 Å². The van der Waals surface area contributed by atoms with E-state index >= 15 is 0 Å². The number of nitrogens with zero attached hydrogens (tertiary/aromatic N) is 1. The zero-order chi connectivity index (χ0) is 14.7. The Balaban J connectivity index is 2.05. The molecule has 0 saturated heterocycles. The number of pyridine rings is 1. The lowest BCUT2D eigenvalue weighted by atomic mass is 9.91. The Hall–Kier alpha value is -1.13. The molecule has 0 spiro atoms. The third kappa shape index (κ3) is 3.93. The molecule has 4 nitrogen and oxygen atoms in total. The van der Waals surface area contributed by atoms with Crippen LogP contribution in [0.15, 0.2) is 12.1 Å². The van der Waals surface area contributed by atoms with Crippen molar-refractivity contribution in [1.29, 1.82) is 0 Å². The van der Waals surface area contributed by atoms with E-state index in [2.05, 4.69) is 10.3 Å². The molecule has 2 rings (SSSR count). The minimum atomic E-state index is -0.0725. The van der Waals surface area contributed by atoms with E-state index in [1.165, 1.54) is 0 Å². The summed E-state index contributed by atoms with van der Waals surface area (Å²) in [4.78, 5) is 16.5.